The van der Waals surface area contributed by atoms with Gasteiger partial charge in [0.15, 0.2) is 0 Å². The van der Waals surface area contributed by atoms with Crippen LogP contribution in [0.3, 0.4) is 0 Å². The minimum Gasteiger partial charge on any atom is -0.366 e. The van der Waals surface area contributed by atoms with Crippen molar-refractivity contribution in [2.75, 3.05) is 19.7 Å². The van der Waals surface area contributed by atoms with Crippen LogP contribution in [0.25, 0.3) is 11.6 Å². The number of nitrogens with zero attached hydrogens (tertiary/aromatic N) is 4. The zero-order chi connectivity index (χ0) is 11.5. The minimum atomic E-state index is -0.186. The number of nitrogens with one attached hydrogen (secondary N) is 1. The highest BCUT2D eigenvalue weighted by Crippen LogP contribution is 2.19. The van der Waals surface area contributed by atoms with Gasteiger partial charge in [-0.25, -0.2) is 9.97 Å². The van der Waals surface area contributed by atoms with Gasteiger partial charge in [0.2, 0.25) is 11.6 Å². The summed E-state index contributed by atoms with van der Waals surface area (Å²) in [5.74, 6) is 1.29. The smallest absolute Gasteiger partial charge is 0.257 e. The molecule has 1 atom stereocenters. The third-order valence-corrected chi connectivity index (χ3v) is 2.41. The van der Waals surface area contributed by atoms with Crippen molar-refractivity contribution in [2.24, 2.45) is 0 Å². The van der Waals surface area contributed by atoms with Gasteiger partial charge in [0, 0.05) is 25.5 Å². The van der Waals surface area contributed by atoms with E-state index in [-0.39, 0.29) is 6.10 Å². The van der Waals surface area contributed by atoms with Crippen LogP contribution in [0.5, 0.6) is 0 Å². The monoisotopic (exact) mass is 233 g/mol. The highest BCUT2D eigenvalue weighted by molar-refractivity contribution is 5.40. The van der Waals surface area contributed by atoms with Crippen molar-refractivity contribution >= 4 is 0 Å². The molecule has 1 aliphatic rings. The summed E-state index contributed by atoms with van der Waals surface area (Å²) in [6.07, 6.45) is 3.09. The summed E-state index contributed by atoms with van der Waals surface area (Å²) >= 11 is 0. The van der Waals surface area contributed by atoms with Gasteiger partial charge in [-0.1, -0.05) is 5.16 Å². The second-order valence-corrected chi connectivity index (χ2v) is 3.59. The molecule has 17 heavy (non-hydrogen) atoms. The van der Waals surface area contributed by atoms with E-state index in [4.69, 9.17) is 9.26 Å². The maximum Gasteiger partial charge on any atom is 0.257 e. The molecule has 0 unspecified atom stereocenters. The number of hydrogen-bond acceptors (Lipinski definition) is 7. The van der Waals surface area contributed by atoms with E-state index < -0.39 is 0 Å². The van der Waals surface area contributed by atoms with Crippen molar-refractivity contribution in [1.29, 1.82) is 0 Å². The lowest BCUT2D eigenvalue weighted by Crippen LogP contribution is -2.33. The van der Waals surface area contributed by atoms with Gasteiger partial charge in [0.25, 0.3) is 5.89 Å². The first kappa shape index (κ1) is 10.3. The Hall–Kier alpha value is -1.86. The van der Waals surface area contributed by atoms with Gasteiger partial charge in [0.1, 0.15) is 6.10 Å². The fourth-order valence-corrected chi connectivity index (χ4v) is 1.60. The van der Waals surface area contributed by atoms with E-state index in [2.05, 4.69) is 25.4 Å². The number of ether oxygens (including phenoxy) is 1. The van der Waals surface area contributed by atoms with Crippen LogP contribution in [0.4, 0.5) is 0 Å². The van der Waals surface area contributed by atoms with E-state index in [0.29, 0.717) is 30.7 Å². The summed E-state index contributed by atoms with van der Waals surface area (Å²) in [6.45, 7) is 2.17. The molecule has 1 aliphatic heterocycles. The molecule has 2 aromatic rings. The number of hydrogen-bond donors (Lipinski definition) is 1. The summed E-state index contributed by atoms with van der Waals surface area (Å²) in [5, 5.41) is 7.04. The summed E-state index contributed by atoms with van der Waals surface area (Å²) < 4.78 is 10.7. The van der Waals surface area contributed by atoms with Crippen molar-refractivity contribution in [3.05, 3.63) is 24.4 Å². The van der Waals surface area contributed by atoms with Gasteiger partial charge in [-0.15, -0.1) is 0 Å². The van der Waals surface area contributed by atoms with E-state index in [1.54, 1.807) is 18.5 Å². The van der Waals surface area contributed by atoms with Crippen LogP contribution in [0.2, 0.25) is 0 Å². The third kappa shape index (κ3) is 2.15. The highest BCUT2D eigenvalue weighted by Gasteiger charge is 2.22. The topological polar surface area (TPSA) is 86.0 Å². The first-order valence-corrected chi connectivity index (χ1v) is 5.37. The summed E-state index contributed by atoms with van der Waals surface area (Å²) in [4.78, 5) is 12.3. The zero-order valence-corrected chi connectivity index (χ0v) is 9.04. The van der Waals surface area contributed by atoms with E-state index in [9.17, 15) is 0 Å². The Bertz CT molecular complexity index is 480. The van der Waals surface area contributed by atoms with E-state index in [1.165, 1.54) is 0 Å². The molecule has 0 saturated carbocycles. The van der Waals surface area contributed by atoms with Gasteiger partial charge >= 0.3 is 0 Å². The van der Waals surface area contributed by atoms with E-state index in [0.717, 1.165) is 6.54 Å². The molecule has 88 valence electrons. The van der Waals surface area contributed by atoms with Crippen LogP contribution in [-0.2, 0) is 4.74 Å². The average molecular weight is 233 g/mol. The maximum atomic E-state index is 5.51. The standard InChI is InChI=1S/C10H11N5O2/c1-2-12-8(13-3-1)9-14-10(17-15-9)7-6-11-4-5-16-7/h1-3,7,11H,4-6H2/t7-/m0/s1. The van der Waals surface area contributed by atoms with Crippen LogP contribution < -0.4 is 5.32 Å². The van der Waals surface area contributed by atoms with E-state index >= 15 is 0 Å². The molecule has 0 radical (unpaired) electrons. The van der Waals surface area contributed by atoms with Crippen molar-refractivity contribution in [2.45, 2.75) is 6.10 Å². The number of rotatable bonds is 2. The Morgan fingerprint density at radius 2 is 2.12 bits per heavy atom. The first-order chi connectivity index (χ1) is 8.43. The van der Waals surface area contributed by atoms with Gasteiger partial charge < -0.3 is 14.6 Å². The molecule has 1 N–H and O–H groups in total. The molecular weight excluding hydrogens is 222 g/mol. The fraction of sp³-hybridized carbons (Fsp3) is 0.400. The number of aromatic nitrogens is 4. The summed E-state index contributed by atoms with van der Waals surface area (Å²) in [5.41, 5.74) is 0. The van der Waals surface area contributed by atoms with Crippen LogP contribution in [0.15, 0.2) is 23.0 Å². The lowest BCUT2D eigenvalue weighted by Gasteiger charge is -2.19. The predicted molar refractivity (Wildman–Crippen MR) is 56.9 cm³/mol. The minimum absolute atomic E-state index is 0.186. The molecule has 2 aromatic heterocycles. The summed E-state index contributed by atoms with van der Waals surface area (Å²) in [6, 6.07) is 1.73. The SMILES string of the molecule is c1cnc(-c2noc([C@@H]3CNCCO3)n2)nc1. The molecule has 0 amide bonds. The molecule has 1 fully saturated rings. The quantitative estimate of drug-likeness (QED) is 0.792. The average Bonchev–Trinajstić information content (AvgIpc) is 2.90. The highest BCUT2D eigenvalue weighted by atomic mass is 16.5. The van der Waals surface area contributed by atoms with Gasteiger partial charge in [0.05, 0.1) is 6.61 Å². The van der Waals surface area contributed by atoms with Crippen molar-refractivity contribution < 1.29 is 9.26 Å². The van der Waals surface area contributed by atoms with Gasteiger partial charge in [-0.2, -0.15) is 4.98 Å². The Balaban J connectivity index is 1.83. The van der Waals surface area contributed by atoms with E-state index in [1.807, 2.05) is 0 Å². The second-order valence-electron chi connectivity index (χ2n) is 3.59. The third-order valence-electron chi connectivity index (χ3n) is 2.41. The van der Waals surface area contributed by atoms with Crippen LogP contribution in [0.1, 0.15) is 12.0 Å². The van der Waals surface area contributed by atoms with Crippen LogP contribution in [-0.4, -0.2) is 39.8 Å². The molecule has 0 aliphatic carbocycles. The van der Waals surface area contributed by atoms with Gasteiger partial charge in [-0.05, 0) is 6.07 Å². The molecule has 7 nitrogen and oxygen atoms in total. The van der Waals surface area contributed by atoms with Crippen molar-refractivity contribution in [3.8, 4) is 11.6 Å². The van der Waals surface area contributed by atoms with Gasteiger partial charge in [-0.3, -0.25) is 0 Å². The molecule has 0 aromatic carbocycles. The fourth-order valence-electron chi connectivity index (χ4n) is 1.60. The normalized spacial score (nSPS) is 20.4. The molecule has 3 rings (SSSR count). The Morgan fingerprint density at radius 1 is 1.24 bits per heavy atom. The van der Waals surface area contributed by atoms with Crippen LogP contribution >= 0.6 is 0 Å². The van der Waals surface area contributed by atoms with Crippen molar-refractivity contribution in [1.82, 2.24) is 25.4 Å². The predicted octanol–water partition coefficient (Wildman–Crippen LogP) is 0.187. The lowest BCUT2D eigenvalue weighted by atomic mass is 10.3. The Morgan fingerprint density at radius 3 is 2.88 bits per heavy atom. The zero-order valence-electron chi connectivity index (χ0n) is 9.04. The molecular formula is C10H11N5O2. The largest absolute Gasteiger partial charge is 0.366 e. The second kappa shape index (κ2) is 4.56. The molecule has 0 bridgehead atoms. The first-order valence-electron chi connectivity index (χ1n) is 5.37. The number of morpholine rings is 1. The molecule has 7 heteroatoms. The summed E-state index contributed by atoms with van der Waals surface area (Å²) in [7, 11) is 0. The lowest BCUT2D eigenvalue weighted by molar-refractivity contribution is 0.00755. The Labute approximate surface area is 97.2 Å². The molecule has 1 saturated heterocycles. The molecule has 3 heterocycles. The Kier molecular flexibility index (Phi) is 2.76. The molecule has 0 spiro atoms. The van der Waals surface area contributed by atoms with Crippen molar-refractivity contribution in [3.63, 3.8) is 0 Å². The van der Waals surface area contributed by atoms with Crippen LogP contribution in [0, 0.1) is 0 Å². The maximum absolute atomic E-state index is 5.51.